The summed E-state index contributed by atoms with van der Waals surface area (Å²) >= 11 is 5.56. The lowest BCUT2D eigenvalue weighted by Crippen LogP contribution is -2.07. The minimum absolute atomic E-state index is 0.143. The maximum absolute atomic E-state index is 13.6. The van der Waals surface area contributed by atoms with E-state index in [1.165, 1.54) is 18.2 Å². The topological polar surface area (TPSA) is 49.6 Å². The average Bonchev–Trinajstić information content (AvgIpc) is 2.35. The van der Waals surface area contributed by atoms with Gasteiger partial charge in [0.2, 0.25) is 0 Å². The Morgan fingerprint density at radius 2 is 1.78 bits per heavy atom. The van der Waals surface area contributed by atoms with Crippen molar-refractivity contribution in [3.63, 3.8) is 0 Å². The van der Waals surface area contributed by atoms with Crippen LogP contribution in [0.4, 0.5) is 8.78 Å². The molecule has 18 heavy (non-hydrogen) atoms. The highest BCUT2D eigenvalue weighted by Crippen LogP contribution is 2.27. The van der Waals surface area contributed by atoms with Crippen LogP contribution in [0.15, 0.2) is 30.3 Å². The van der Waals surface area contributed by atoms with Gasteiger partial charge in [0.05, 0.1) is 11.8 Å². The maximum atomic E-state index is 13.6. The van der Waals surface area contributed by atoms with Gasteiger partial charge in [0, 0.05) is 5.56 Å². The highest BCUT2D eigenvalue weighted by molar-refractivity contribution is 6.29. The molecule has 0 aliphatic rings. The molecule has 1 atom stereocenters. The SMILES string of the molecule is N#CC(c1ccc(Cl)nn1)c1c(F)cccc1F. The van der Waals surface area contributed by atoms with E-state index in [0.29, 0.717) is 0 Å². The standard InChI is InChI=1S/C12H6ClF2N3/c13-11-5-4-10(17-18-11)7(6-16)12-8(14)2-1-3-9(12)15/h1-5,7H. The van der Waals surface area contributed by atoms with Crippen LogP contribution in [0, 0.1) is 23.0 Å². The Kier molecular flexibility index (Phi) is 3.49. The van der Waals surface area contributed by atoms with Gasteiger partial charge in [-0.3, -0.25) is 0 Å². The number of rotatable bonds is 2. The summed E-state index contributed by atoms with van der Waals surface area (Å²) in [6.07, 6.45) is 0. The van der Waals surface area contributed by atoms with Gasteiger partial charge in [0.15, 0.2) is 5.15 Å². The molecule has 0 spiro atoms. The van der Waals surface area contributed by atoms with Crippen LogP contribution >= 0.6 is 11.6 Å². The van der Waals surface area contributed by atoms with Gasteiger partial charge in [-0.1, -0.05) is 17.7 Å². The van der Waals surface area contributed by atoms with E-state index in [-0.39, 0.29) is 16.4 Å². The van der Waals surface area contributed by atoms with Crippen molar-refractivity contribution in [1.29, 1.82) is 5.26 Å². The third kappa shape index (κ3) is 2.29. The number of benzene rings is 1. The fraction of sp³-hybridized carbons (Fsp3) is 0.0833. The lowest BCUT2D eigenvalue weighted by molar-refractivity contribution is 0.552. The number of hydrogen-bond donors (Lipinski definition) is 0. The van der Waals surface area contributed by atoms with Gasteiger partial charge in [0.1, 0.15) is 17.6 Å². The van der Waals surface area contributed by atoms with E-state index in [9.17, 15) is 8.78 Å². The minimum atomic E-state index is -1.16. The molecule has 6 heteroatoms. The Labute approximate surface area is 107 Å². The van der Waals surface area contributed by atoms with Gasteiger partial charge in [-0.15, -0.1) is 5.10 Å². The summed E-state index contributed by atoms with van der Waals surface area (Å²) in [6.45, 7) is 0. The molecule has 0 N–H and O–H groups in total. The molecule has 0 aliphatic heterocycles. The van der Waals surface area contributed by atoms with Crippen LogP contribution in [-0.4, -0.2) is 10.2 Å². The summed E-state index contributed by atoms with van der Waals surface area (Å²) in [7, 11) is 0. The Balaban J connectivity index is 2.53. The molecule has 1 aromatic carbocycles. The van der Waals surface area contributed by atoms with Gasteiger partial charge in [-0.05, 0) is 24.3 Å². The first kappa shape index (κ1) is 12.4. The van der Waals surface area contributed by atoms with Crippen molar-refractivity contribution in [3.05, 3.63) is 58.4 Å². The highest BCUT2D eigenvalue weighted by atomic mass is 35.5. The molecule has 1 heterocycles. The number of nitrogens with zero attached hydrogens (tertiary/aromatic N) is 3. The summed E-state index contributed by atoms with van der Waals surface area (Å²) in [5, 5.41) is 16.4. The van der Waals surface area contributed by atoms with Crippen LogP contribution in [0.5, 0.6) is 0 Å². The molecule has 3 nitrogen and oxygen atoms in total. The summed E-state index contributed by atoms with van der Waals surface area (Å²) in [5.74, 6) is -2.74. The molecule has 0 saturated heterocycles. The molecular weight excluding hydrogens is 260 g/mol. The van der Waals surface area contributed by atoms with Crippen molar-refractivity contribution < 1.29 is 8.78 Å². The van der Waals surface area contributed by atoms with E-state index in [1.54, 1.807) is 0 Å². The van der Waals surface area contributed by atoms with Gasteiger partial charge in [-0.25, -0.2) is 8.78 Å². The molecule has 1 unspecified atom stereocenters. The van der Waals surface area contributed by atoms with E-state index >= 15 is 0 Å². The third-order valence-electron chi connectivity index (χ3n) is 2.37. The van der Waals surface area contributed by atoms with Gasteiger partial charge < -0.3 is 0 Å². The Bertz CT molecular complexity index is 587. The van der Waals surface area contributed by atoms with E-state index < -0.39 is 17.6 Å². The summed E-state index contributed by atoms with van der Waals surface area (Å²) in [5.41, 5.74) is -0.192. The van der Waals surface area contributed by atoms with Crippen molar-refractivity contribution in [2.45, 2.75) is 5.92 Å². The molecule has 90 valence electrons. The summed E-state index contributed by atoms with van der Waals surface area (Å²) in [6, 6.07) is 8.04. The Morgan fingerprint density at radius 3 is 2.28 bits per heavy atom. The second-order valence-electron chi connectivity index (χ2n) is 3.48. The summed E-state index contributed by atoms with van der Waals surface area (Å²) < 4.78 is 27.2. The number of nitriles is 1. The Morgan fingerprint density at radius 1 is 1.11 bits per heavy atom. The molecule has 0 amide bonds. The zero-order valence-corrected chi connectivity index (χ0v) is 9.70. The molecule has 1 aromatic heterocycles. The van der Waals surface area contributed by atoms with E-state index in [0.717, 1.165) is 12.1 Å². The van der Waals surface area contributed by atoms with Gasteiger partial charge in [0.25, 0.3) is 0 Å². The van der Waals surface area contributed by atoms with E-state index in [4.69, 9.17) is 16.9 Å². The van der Waals surface area contributed by atoms with Crippen molar-refractivity contribution >= 4 is 11.6 Å². The second kappa shape index (κ2) is 5.07. The second-order valence-corrected chi connectivity index (χ2v) is 3.87. The van der Waals surface area contributed by atoms with Crippen LogP contribution < -0.4 is 0 Å². The van der Waals surface area contributed by atoms with Gasteiger partial charge in [-0.2, -0.15) is 10.4 Å². The molecule has 2 rings (SSSR count). The zero-order valence-electron chi connectivity index (χ0n) is 8.94. The quantitative estimate of drug-likeness (QED) is 0.838. The van der Waals surface area contributed by atoms with Gasteiger partial charge >= 0.3 is 0 Å². The highest BCUT2D eigenvalue weighted by Gasteiger charge is 2.23. The first-order chi connectivity index (χ1) is 8.63. The van der Waals surface area contributed by atoms with Crippen molar-refractivity contribution in [2.24, 2.45) is 0 Å². The van der Waals surface area contributed by atoms with E-state index in [2.05, 4.69) is 10.2 Å². The predicted molar refractivity (Wildman–Crippen MR) is 60.9 cm³/mol. The molecule has 2 aromatic rings. The minimum Gasteiger partial charge on any atom is -0.207 e. The third-order valence-corrected chi connectivity index (χ3v) is 2.57. The van der Waals surface area contributed by atoms with Crippen LogP contribution in [0.25, 0.3) is 0 Å². The first-order valence-corrected chi connectivity index (χ1v) is 5.34. The van der Waals surface area contributed by atoms with Crippen LogP contribution in [0.3, 0.4) is 0 Å². The monoisotopic (exact) mass is 265 g/mol. The van der Waals surface area contributed by atoms with E-state index in [1.807, 2.05) is 6.07 Å². The maximum Gasteiger partial charge on any atom is 0.151 e. The first-order valence-electron chi connectivity index (χ1n) is 4.96. The van der Waals surface area contributed by atoms with Crippen molar-refractivity contribution in [3.8, 4) is 6.07 Å². The molecular formula is C12H6ClF2N3. The molecule has 0 radical (unpaired) electrons. The van der Waals surface area contributed by atoms with Crippen LogP contribution in [0.1, 0.15) is 17.2 Å². The number of aromatic nitrogens is 2. The number of hydrogen-bond acceptors (Lipinski definition) is 3. The fourth-order valence-electron chi connectivity index (χ4n) is 1.55. The lowest BCUT2D eigenvalue weighted by atomic mass is 9.96. The van der Waals surface area contributed by atoms with Crippen molar-refractivity contribution in [2.75, 3.05) is 0 Å². The lowest BCUT2D eigenvalue weighted by Gasteiger charge is -2.10. The Hall–Kier alpha value is -2.06. The fourth-order valence-corrected chi connectivity index (χ4v) is 1.65. The van der Waals surface area contributed by atoms with Crippen LogP contribution in [0.2, 0.25) is 5.15 Å². The molecule has 0 saturated carbocycles. The smallest absolute Gasteiger partial charge is 0.151 e. The van der Waals surface area contributed by atoms with Crippen LogP contribution in [-0.2, 0) is 0 Å². The largest absolute Gasteiger partial charge is 0.207 e. The predicted octanol–water partition coefficient (Wildman–Crippen LogP) is 3.06. The molecule has 0 bridgehead atoms. The zero-order chi connectivity index (χ0) is 13.1. The summed E-state index contributed by atoms with van der Waals surface area (Å²) in [4.78, 5) is 0. The van der Waals surface area contributed by atoms with Crippen molar-refractivity contribution in [1.82, 2.24) is 10.2 Å². The molecule has 0 fully saturated rings. The normalized spacial score (nSPS) is 11.9. The molecule has 0 aliphatic carbocycles. The average molecular weight is 266 g/mol. The number of halogens is 3.